The van der Waals surface area contributed by atoms with E-state index in [1.54, 1.807) is 0 Å². The van der Waals surface area contributed by atoms with Crippen LogP contribution in [0, 0.1) is 0 Å². The molecule has 0 radical (unpaired) electrons. The number of hydrogen-bond donors (Lipinski definition) is 1. The molecule has 1 aliphatic rings. The molecule has 0 atom stereocenters. The first-order chi connectivity index (χ1) is 9.52. The van der Waals surface area contributed by atoms with Crippen molar-refractivity contribution < 1.29 is 15.0 Å². The third kappa shape index (κ3) is 2.92. The van der Waals surface area contributed by atoms with E-state index in [1.807, 2.05) is 25.1 Å². The number of rotatable bonds is 2. The highest BCUT2D eigenvalue weighted by molar-refractivity contribution is 6.33. The lowest BCUT2D eigenvalue weighted by Crippen LogP contribution is -2.19. The lowest BCUT2D eigenvalue weighted by atomic mass is 10.0. The number of aliphatic hydroxyl groups is 1. The lowest BCUT2D eigenvalue weighted by Gasteiger charge is -2.16. The van der Waals surface area contributed by atoms with Crippen LogP contribution in [0.3, 0.4) is 0 Å². The van der Waals surface area contributed by atoms with Crippen LogP contribution in [0.15, 0.2) is 10.5 Å². The second-order valence-electron chi connectivity index (χ2n) is 5.60. The number of halogens is 2. The van der Waals surface area contributed by atoms with Crippen LogP contribution in [-0.4, -0.2) is 43.2 Å². The largest absolute Gasteiger partial charge is 0.456 e. The zero-order valence-electron chi connectivity index (χ0n) is 12.9. The molecule has 7 heteroatoms. The quantitative estimate of drug-likeness (QED) is 0.903. The molecule has 0 saturated heterocycles. The van der Waals surface area contributed by atoms with E-state index in [1.165, 1.54) is 0 Å². The van der Waals surface area contributed by atoms with Crippen LogP contribution in [0.25, 0.3) is 11.0 Å². The topological polar surface area (TPSA) is 71.3 Å². The van der Waals surface area contributed by atoms with E-state index in [4.69, 9.17) is 16.0 Å². The van der Waals surface area contributed by atoms with E-state index in [0.717, 1.165) is 52.3 Å². The maximum absolute atomic E-state index is 9.58. The van der Waals surface area contributed by atoms with Gasteiger partial charge in [0.05, 0.1) is 5.69 Å². The number of nitrogens with zero attached hydrogens (tertiary/aromatic N) is 2. The molecule has 2 aromatic rings. The fraction of sp³-hybridized carbons (Fsp3) is 0.467. The highest BCUT2D eigenvalue weighted by Crippen LogP contribution is 2.41. The maximum Gasteiger partial charge on any atom is 0.158 e. The maximum atomic E-state index is 9.58. The van der Waals surface area contributed by atoms with Crippen LogP contribution < -0.4 is 4.90 Å². The predicted octanol–water partition coefficient (Wildman–Crippen LogP) is 2.23. The van der Waals surface area contributed by atoms with E-state index >= 15 is 0 Å². The van der Waals surface area contributed by atoms with Gasteiger partial charge in [0.1, 0.15) is 12.4 Å². The van der Waals surface area contributed by atoms with Gasteiger partial charge in [-0.2, -0.15) is 0 Å². The van der Waals surface area contributed by atoms with Gasteiger partial charge in [-0.05, 0) is 25.1 Å². The Bertz CT molecular complexity index is 671. The molecule has 0 unspecified atom stereocenters. The number of furan rings is 1. The molecule has 124 valence electrons. The van der Waals surface area contributed by atoms with Crippen molar-refractivity contribution in [2.45, 2.75) is 19.6 Å². The first-order valence-corrected chi connectivity index (χ1v) is 7.13. The van der Waals surface area contributed by atoms with Gasteiger partial charge >= 0.3 is 0 Å². The van der Waals surface area contributed by atoms with Crippen LogP contribution >= 0.6 is 24.0 Å². The van der Waals surface area contributed by atoms with Crippen LogP contribution in [0.2, 0.25) is 5.02 Å². The van der Waals surface area contributed by atoms with Crippen LogP contribution in [0.5, 0.6) is 0 Å². The summed E-state index contributed by atoms with van der Waals surface area (Å²) in [5.41, 5.74) is 4.00. The number of hydrogen-bond acceptors (Lipinski definition) is 4. The summed E-state index contributed by atoms with van der Waals surface area (Å²) in [7, 11) is 6.02. The minimum absolute atomic E-state index is 0. The van der Waals surface area contributed by atoms with Gasteiger partial charge in [0.2, 0.25) is 0 Å². The molecule has 0 aliphatic carbocycles. The molecule has 5 nitrogen and oxygen atoms in total. The standard InChI is InChI=1S/C15H19ClN2O2.ClH.H2O/c1-17(2)12-6-11(16)9-4-5-18(3)7-10-13(8-19)20-15(12)14(9)10;;/h6,19H,4-5,7-8H2,1-3H3;1H;1H2. The average molecular weight is 349 g/mol. The van der Waals surface area contributed by atoms with Gasteiger partial charge in [-0.3, -0.25) is 0 Å². The van der Waals surface area contributed by atoms with Crippen molar-refractivity contribution in [2.24, 2.45) is 0 Å². The van der Waals surface area contributed by atoms with Crippen LogP contribution in [0.1, 0.15) is 16.9 Å². The molecule has 3 rings (SSSR count). The molecule has 3 N–H and O–H groups in total. The Kier molecular flexibility index (Phi) is 6.12. The Hall–Kier alpha value is -0.980. The Morgan fingerprint density at radius 3 is 2.64 bits per heavy atom. The Morgan fingerprint density at radius 2 is 2.05 bits per heavy atom. The summed E-state index contributed by atoms with van der Waals surface area (Å²) in [5, 5.41) is 11.5. The van der Waals surface area contributed by atoms with E-state index in [9.17, 15) is 5.11 Å². The summed E-state index contributed by atoms with van der Waals surface area (Å²) in [4.78, 5) is 4.23. The van der Waals surface area contributed by atoms with Gasteiger partial charge in [0.25, 0.3) is 0 Å². The third-order valence-electron chi connectivity index (χ3n) is 3.97. The molecule has 1 aromatic heterocycles. The molecule has 0 bridgehead atoms. The first kappa shape index (κ1) is 19.1. The Labute approximate surface area is 141 Å². The molecule has 22 heavy (non-hydrogen) atoms. The normalized spacial score (nSPS) is 14.2. The number of benzene rings is 1. The number of likely N-dealkylation sites (N-methyl/N-ethyl adjacent to an activating group) is 1. The summed E-state index contributed by atoms with van der Waals surface area (Å²) < 4.78 is 5.93. The molecular weight excluding hydrogens is 327 g/mol. The van der Waals surface area contributed by atoms with Crippen LogP contribution in [-0.2, 0) is 19.6 Å². The fourth-order valence-corrected chi connectivity index (χ4v) is 3.22. The SMILES string of the molecule is CN1CCc2c(Cl)cc(N(C)C)c3oc(CO)c(c23)C1.Cl.O. The summed E-state index contributed by atoms with van der Waals surface area (Å²) in [6, 6.07) is 1.96. The molecule has 0 saturated carbocycles. The van der Waals surface area contributed by atoms with Crippen molar-refractivity contribution in [3.05, 3.63) is 28.0 Å². The smallest absolute Gasteiger partial charge is 0.158 e. The first-order valence-electron chi connectivity index (χ1n) is 6.75. The predicted molar refractivity (Wildman–Crippen MR) is 92.4 cm³/mol. The van der Waals surface area contributed by atoms with Gasteiger partial charge < -0.3 is 24.8 Å². The molecule has 0 fully saturated rings. The number of aliphatic hydroxyl groups excluding tert-OH is 1. The molecule has 1 aliphatic heterocycles. The monoisotopic (exact) mass is 348 g/mol. The van der Waals surface area contributed by atoms with Gasteiger partial charge in [-0.25, -0.2) is 0 Å². The Morgan fingerprint density at radius 1 is 1.36 bits per heavy atom. The van der Waals surface area contributed by atoms with Crippen molar-refractivity contribution in [3.8, 4) is 0 Å². The van der Waals surface area contributed by atoms with Crippen LogP contribution in [0.4, 0.5) is 5.69 Å². The second kappa shape index (κ2) is 7.06. The van der Waals surface area contributed by atoms with E-state index in [0.29, 0.717) is 5.76 Å². The molecular formula is C15H22Cl2N2O3. The van der Waals surface area contributed by atoms with E-state index < -0.39 is 0 Å². The molecule has 2 heterocycles. The third-order valence-corrected chi connectivity index (χ3v) is 4.31. The number of anilines is 1. The zero-order valence-corrected chi connectivity index (χ0v) is 14.5. The van der Waals surface area contributed by atoms with Gasteiger partial charge in [0, 0.05) is 43.2 Å². The summed E-state index contributed by atoms with van der Waals surface area (Å²) >= 11 is 6.48. The molecule has 1 aromatic carbocycles. The minimum atomic E-state index is -0.0816. The lowest BCUT2D eigenvalue weighted by molar-refractivity contribution is 0.244. The fourth-order valence-electron chi connectivity index (χ4n) is 2.93. The molecule has 0 amide bonds. The molecule has 0 spiro atoms. The second-order valence-corrected chi connectivity index (χ2v) is 6.01. The van der Waals surface area contributed by atoms with Gasteiger partial charge in [-0.15, -0.1) is 12.4 Å². The van der Waals surface area contributed by atoms with Crippen molar-refractivity contribution in [2.75, 3.05) is 32.6 Å². The van der Waals surface area contributed by atoms with E-state index in [2.05, 4.69) is 11.9 Å². The van der Waals surface area contributed by atoms with Crippen molar-refractivity contribution in [1.82, 2.24) is 4.90 Å². The highest BCUT2D eigenvalue weighted by Gasteiger charge is 2.25. The summed E-state index contributed by atoms with van der Waals surface area (Å²) in [6.45, 7) is 1.65. The van der Waals surface area contributed by atoms with Gasteiger partial charge in [0.15, 0.2) is 5.58 Å². The summed E-state index contributed by atoms with van der Waals surface area (Å²) in [6.07, 6.45) is 0.900. The van der Waals surface area contributed by atoms with Gasteiger partial charge in [-0.1, -0.05) is 11.6 Å². The minimum Gasteiger partial charge on any atom is -0.456 e. The highest BCUT2D eigenvalue weighted by atomic mass is 35.5. The van der Waals surface area contributed by atoms with Crippen molar-refractivity contribution >= 4 is 40.7 Å². The van der Waals surface area contributed by atoms with Crippen molar-refractivity contribution in [3.63, 3.8) is 0 Å². The van der Waals surface area contributed by atoms with E-state index in [-0.39, 0.29) is 24.5 Å². The van der Waals surface area contributed by atoms with Crippen molar-refractivity contribution in [1.29, 1.82) is 0 Å². The zero-order chi connectivity index (χ0) is 14.4. The average Bonchev–Trinajstić information content (AvgIpc) is 2.65. The summed E-state index contributed by atoms with van der Waals surface area (Å²) in [5.74, 6) is 0.653. The Balaban J connectivity index is 0.00000121.